The molecule has 1 aliphatic rings. The number of benzene rings is 2. The van der Waals surface area contributed by atoms with Gasteiger partial charge in [0, 0.05) is 43.2 Å². The fourth-order valence-electron chi connectivity index (χ4n) is 3.75. The first-order valence-electron chi connectivity index (χ1n) is 10.8. The summed E-state index contributed by atoms with van der Waals surface area (Å²) in [7, 11) is 0. The van der Waals surface area contributed by atoms with E-state index in [1.807, 2.05) is 17.9 Å². The Morgan fingerprint density at radius 3 is 2.42 bits per heavy atom. The molecule has 1 fully saturated rings. The number of hydrogen-bond donors (Lipinski definition) is 0. The molecule has 4 rings (SSSR count). The number of anilines is 1. The lowest BCUT2D eigenvalue weighted by atomic mass is 10.1. The number of rotatable bonds is 7. The Morgan fingerprint density at radius 1 is 1.03 bits per heavy atom. The van der Waals surface area contributed by atoms with Gasteiger partial charge in [0.25, 0.3) is 0 Å². The topological polar surface area (TPSA) is 49.6 Å². The number of aromatic nitrogens is 1. The second-order valence-corrected chi connectivity index (χ2v) is 8.75. The monoisotopic (exact) mass is 435 g/mol. The number of hydrogen-bond acceptors (Lipinski definition) is 5. The molecule has 31 heavy (non-hydrogen) atoms. The Kier molecular flexibility index (Phi) is 6.97. The zero-order chi connectivity index (χ0) is 21.6. The Morgan fingerprint density at radius 2 is 1.74 bits per heavy atom. The van der Waals surface area contributed by atoms with Crippen LogP contribution in [0, 0.1) is 6.92 Å². The van der Waals surface area contributed by atoms with Gasteiger partial charge < -0.3 is 14.2 Å². The lowest BCUT2D eigenvalue weighted by Gasteiger charge is -2.36. The molecule has 3 aromatic rings. The molecule has 5 nitrogen and oxygen atoms in total. The molecule has 0 bridgehead atoms. The van der Waals surface area contributed by atoms with Crippen molar-refractivity contribution in [2.45, 2.75) is 26.0 Å². The van der Waals surface area contributed by atoms with E-state index in [4.69, 9.17) is 4.42 Å². The summed E-state index contributed by atoms with van der Waals surface area (Å²) in [5, 5.41) is 0. The molecule has 2 aromatic carbocycles. The van der Waals surface area contributed by atoms with Crippen LogP contribution in [0.5, 0.6) is 0 Å². The van der Waals surface area contributed by atoms with E-state index < -0.39 is 0 Å². The molecule has 0 spiro atoms. The average molecular weight is 436 g/mol. The fourth-order valence-corrected chi connectivity index (χ4v) is 4.67. The summed E-state index contributed by atoms with van der Waals surface area (Å²) in [6, 6.07) is 18.7. The second kappa shape index (κ2) is 10.1. The SMILES string of the molecule is CCc1ccc(-c2nc(CSCC(=O)N3CCN(c4ccccc4)CC3)c(C)o2)cc1. The van der Waals surface area contributed by atoms with Gasteiger partial charge in [-0.15, -0.1) is 11.8 Å². The second-order valence-electron chi connectivity index (χ2n) is 7.77. The van der Waals surface area contributed by atoms with Gasteiger partial charge in [-0.3, -0.25) is 4.79 Å². The molecular weight excluding hydrogens is 406 g/mol. The number of oxazole rings is 1. The first-order chi connectivity index (χ1) is 15.1. The van der Waals surface area contributed by atoms with E-state index in [1.165, 1.54) is 11.3 Å². The maximum atomic E-state index is 12.6. The first kappa shape index (κ1) is 21.5. The maximum Gasteiger partial charge on any atom is 0.232 e. The molecule has 0 atom stereocenters. The number of aryl methyl sites for hydroxylation is 2. The summed E-state index contributed by atoms with van der Waals surface area (Å²) in [5.74, 6) is 2.83. The van der Waals surface area contributed by atoms with Crippen molar-refractivity contribution in [2.24, 2.45) is 0 Å². The minimum absolute atomic E-state index is 0.203. The zero-order valence-corrected chi connectivity index (χ0v) is 19.0. The quantitative estimate of drug-likeness (QED) is 0.534. The van der Waals surface area contributed by atoms with Gasteiger partial charge in [-0.05, 0) is 43.2 Å². The van der Waals surface area contributed by atoms with E-state index in [0.29, 0.717) is 17.4 Å². The van der Waals surface area contributed by atoms with Crippen molar-refractivity contribution < 1.29 is 9.21 Å². The predicted molar refractivity (Wildman–Crippen MR) is 127 cm³/mol. The highest BCUT2D eigenvalue weighted by atomic mass is 32.2. The van der Waals surface area contributed by atoms with Crippen LogP contribution in [-0.4, -0.2) is 47.7 Å². The minimum atomic E-state index is 0.203. The molecule has 1 amide bonds. The summed E-state index contributed by atoms with van der Waals surface area (Å²) in [6.45, 7) is 7.39. The summed E-state index contributed by atoms with van der Waals surface area (Å²) < 4.78 is 5.88. The molecule has 6 heteroatoms. The third-order valence-electron chi connectivity index (χ3n) is 5.72. The smallest absolute Gasteiger partial charge is 0.232 e. The van der Waals surface area contributed by atoms with E-state index in [1.54, 1.807) is 11.8 Å². The van der Waals surface area contributed by atoms with Crippen molar-refractivity contribution in [3.63, 3.8) is 0 Å². The Balaban J connectivity index is 1.26. The average Bonchev–Trinajstić information content (AvgIpc) is 3.20. The van der Waals surface area contributed by atoms with Crippen LogP contribution in [0.3, 0.4) is 0 Å². The lowest BCUT2D eigenvalue weighted by Crippen LogP contribution is -2.49. The molecule has 0 radical (unpaired) electrons. The highest BCUT2D eigenvalue weighted by Crippen LogP contribution is 2.25. The van der Waals surface area contributed by atoms with Crippen molar-refractivity contribution in [2.75, 3.05) is 36.8 Å². The molecule has 0 unspecified atom stereocenters. The normalized spacial score (nSPS) is 14.1. The highest BCUT2D eigenvalue weighted by Gasteiger charge is 2.21. The molecule has 1 aromatic heterocycles. The first-order valence-corrected chi connectivity index (χ1v) is 12.0. The van der Waals surface area contributed by atoms with Crippen molar-refractivity contribution in [1.82, 2.24) is 9.88 Å². The van der Waals surface area contributed by atoms with Gasteiger partial charge in [0.15, 0.2) is 0 Å². The number of amides is 1. The predicted octanol–water partition coefficient (Wildman–Crippen LogP) is 4.79. The van der Waals surface area contributed by atoms with Crippen LogP contribution in [0.1, 0.15) is 23.9 Å². The third kappa shape index (κ3) is 5.31. The minimum Gasteiger partial charge on any atom is -0.441 e. The van der Waals surface area contributed by atoms with E-state index in [0.717, 1.165) is 49.6 Å². The molecule has 0 saturated carbocycles. The highest BCUT2D eigenvalue weighted by molar-refractivity contribution is 7.99. The molecule has 1 saturated heterocycles. The lowest BCUT2D eigenvalue weighted by molar-refractivity contribution is -0.128. The van der Waals surface area contributed by atoms with Crippen LogP contribution in [0.15, 0.2) is 59.0 Å². The fraction of sp³-hybridized carbons (Fsp3) is 0.360. The number of nitrogens with zero attached hydrogens (tertiary/aromatic N) is 3. The van der Waals surface area contributed by atoms with Gasteiger partial charge in [-0.25, -0.2) is 4.98 Å². The molecular formula is C25H29N3O2S. The number of thioether (sulfide) groups is 1. The standard InChI is InChI=1S/C25H29N3O2S/c1-3-20-9-11-21(12-10-20)25-26-23(19(2)30-25)17-31-18-24(29)28-15-13-27(14-16-28)22-7-5-4-6-8-22/h4-12H,3,13-18H2,1-2H3. The van der Waals surface area contributed by atoms with E-state index in [-0.39, 0.29) is 5.91 Å². The largest absolute Gasteiger partial charge is 0.441 e. The summed E-state index contributed by atoms with van der Waals surface area (Å²) in [5.41, 5.74) is 4.43. The summed E-state index contributed by atoms with van der Waals surface area (Å²) >= 11 is 1.61. The molecule has 0 N–H and O–H groups in total. The van der Waals surface area contributed by atoms with Gasteiger partial charge in [0.05, 0.1) is 11.4 Å². The number of piperazine rings is 1. The third-order valence-corrected chi connectivity index (χ3v) is 6.65. The van der Waals surface area contributed by atoms with Gasteiger partial charge >= 0.3 is 0 Å². The van der Waals surface area contributed by atoms with Crippen LogP contribution in [0.25, 0.3) is 11.5 Å². The van der Waals surface area contributed by atoms with Crippen molar-refractivity contribution in [1.29, 1.82) is 0 Å². The maximum absolute atomic E-state index is 12.6. The molecule has 2 heterocycles. The van der Waals surface area contributed by atoms with E-state index >= 15 is 0 Å². The molecule has 1 aliphatic heterocycles. The van der Waals surface area contributed by atoms with Crippen molar-refractivity contribution in [3.8, 4) is 11.5 Å². The summed E-state index contributed by atoms with van der Waals surface area (Å²) in [6.07, 6.45) is 1.02. The van der Waals surface area contributed by atoms with Gasteiger partial charge in [0.2, 0.25) is 11.8 Å². The Labute approximate surface area is 188 Å². The van der Waals surface area contributed by atoms with Gasteiger partial charge in [-0.2, -0.15) is 0 Å². The van der Waals surface area contributed by atoms with E-state index in [2.05, 4.69) is 65.3 Å². The van der Waals surface area contributed by atoms with Crippen LogP contribution in [0.2, 0.25) is 0 Å². The van der Waals surface area contributed by atoms with Crippen molar-refractivity contribution >= 4 is 23.4 Å². The van der Waals surface area contributed by atoms with Crippen LogP contribution < -0.4 is 4.90 Å². The van der Waals surface area contributed by atoms with Gasteiger partial charge in [-0.1, -0.05) is 37.3 Å². The van der Waals surface area contributed by atoms with Crippen LogP contribution in [-0.2, 0) is 17.0 Å². The molecule has 0 aliphatic carbocycles. The van der Waals surface area contributed by atoms with Crippen molar-refractivity contribution in [3.05, 3.63) is 71.6 Å². The number of carbonyl (C=O) groups is 1. The Hall–Kier alpha value is -2.73. The Bertz CT molecular complexity index is 993. The van der Waals surface area contributed by atoms with Crippen LogP contribution >= 0.6 is 11.8 Å². The van der Waals surface area contributed by atoms with Crippen LogP contribution in [0.4, 0.5) is 5.69 Å². The summed E-state index contributed by atoms with van der Waals surface area (Å²) in [4.78, 5) is 21.6. The van der Waals surface area contributed by atoms with Gasteiger partial charge in [0.1, 0.15) is 5.76 Å². The zero-order valence-electron chi connectivity index (χ0n) is 18.2. The van der Waals surface area contributed by atoms with E-state index in [9.17, 15) is 4.79 Å². The number of para-hydroxylation sites is 1. The molecule has 162 valence electrons. The number of carbonyl (C=O) groups excluding carboxylic acids is 1.